The van der Waals surface area contributed by atoms with E-state index in [-0.39, 0.29) is 11.7 Å². The number of piperazine rings is 1. The number of para-hydroxylation sites is 1. The molecule has 8 rings (SSSR count). The van der Waals surface area contributed by atoms with Gasteiger partial charge in [-0.25, -0.2) is 9.78 Å². The number of imidazole rings is 1. The molecule has 10 nitrogen and oxygen atoms in total. The smallest absolute Gasteiger partial charge is 0.335 e. The molecule has 0 spiro atoms. The number of anilines is 1. The van der Waals surface area contributed by atoms with Gasteiger partial charge in [0.25, 0.3) is 5.79 Å². The van der Waals surface area contributed by atoms with Gasteiger partial charge in [-0.1, -0.05) is 17.7 Å². The molecule has 4 aliphatic rings. The van der Waals surface area contributed by atoms with Crippen LogP contribution in [0.3, 0.4) is 0 Å². The molecular weight excluding hydrogens is 570 g/mol. The number of pyridine rings is 1. The van der Waals surface area contributed by atoms with Gasteiger partial charge in [-0.2, -0.15) is 0 Å². The second-order valence-electron chi connectivity index (χ2n) is 11.9. The highest BCUT2D eigenvalue weighted by atomic mass is 35.5. The summed E-state index contributed by atoms with van der Waals surface area (Å²) in [4.78, 5) is 26.2. The van der Waals surface area contributed by atoms with Gasteiger partial charge in [0.15, 0.2) is 11.5 Å². The number of aromatic carboxylic acids is 1. The van der Waals surface area contributed by atoms with Crippen molar-refractivity contribution in [3.8, 4) is 11.5 Å². The first-order valence-corrected chi connectivity index (χ1v) is 15.2. The lowest BCUT2D eigenvalue weighted by atomic mass is 9.81. The quantitative estimate of drug-likeness (QED) is 0.311. The molecule has 4 aromatic rings. The number of nitrogens with zero attached hydrogens (tertiary/aromatic N) is 5. The standard InChI is InChI=1S/C32H32ClN5O5/c1-32(28-10-6-20(33)16-34-28)42-27-4-2-3-25(30(27)43-32)37-13-12-36(23-8-9-24(23)37)18-29-35-22-7-5-19(31(39)40)15-26(22)38(29)17-21-11-14-41-21/h2-7,10,15-16,21,23-24H,8-9,11-14,17-18H2,1H3,(H,39,40). The first-order chi connectivity index (χ1) is 20.9. The molecule has 0 bridgehead atoms. The van der Waals surface area contributed by atoms with Crippen molar-refractivity contribution in [1.29, 1.82) is 0 Å². The van der Waals surface area contributed by atoms with Gasteiger partial charge in [0.1, 0.15) is 11.5 Å². The first-order valence-electron chi connectivity index (χ1n) is 14.8. The number of carboxylic acids is 1. The number of hydrogen-bond acceptors (Lipinski definition) is 8. The number of hydrogen-bond donors (Lipinski definition) is 1. The summed E-state index contributed by atoms with van der Waals surface area (Å²) in [6.07, 6.45) is 4.94. The van der Waals surface area contributed by atoms with Crippen LogP contribution in [0.25, 0.3) is 11.0 Å². The van der Waals surface area contributed by atoms with Crippen molar-refractivity contribution in [2.45, 2.75) is 63.3 Å². The third kappa shape index (κ3) is 4.51. The second-order valence-corrected chi connectivity index (χ2v) is 12.4. The Hall–Kier alpha value is -3.86. The predicted molar refractivity (Wildman–Crippen MR) is 160 cm³/mol. The van der Waals surface area contributed by atoms with Crippen molar-refractivity contribution < 1.29 is 24.1 Å². The fourth-order valence-corrected chi connectivity index (χ4v) is 6.96. The highest BCUT2D eigenvalue weighted by Crippen LogP contribution is 2.51. The van der Waals surface area contributed by atoms with Crippen LogP contribution in [0.15, 0.2) is 54.7 Å². The van der Waals surface area contributed by atoms with Gasteiger partial charge in [0.2, 0.25) is 0 Å². The van der Waals surface area contributed by atoms with Crippen LogP contribution >= 0.6 is 11.6 Å². The summed E-state index contributed by atoms with van der Waals surface area (Å²) in [5, 5.41) is 10.2. The molecule has 4 atom stereocenters. The number of benzene rings is 2. The van der Waals surface area contributed by atoms with E-state index in [1.807, 2.05) is 31.2 Å². The van der Waals surface area contributed by atoms with E-state index in [2.05, 4.69) is 25.4 Å². The summed E-state index contributed by atoms with van der Waals surface area (Å²) in [5.41, 5.74) is 3.64. The van der Waals surface area contributed by atoms with Crippen LogP contribution in [0.2, 0.25) is 5.02 Å². The Labute approximate surface area is 253 Å². The molecule has 4 unspecified atom stereocenters. The molecule has 5 heterocycles. The summed E-state index contributed by atoms with van der Waals surface area (Å²) in [6.45, 7) is 5.74. The molecule has 1 N–H and O–H groups in total. The number of rotatable bonds is 7. The molecule has 1 aliphatic carbocycles. The molecule has 11 heteroatoms. The zero-order valence-corrected chi connectivity index (χ0v) is 24.5. The molecule has 2 saturated heterocycles. The van der Waals surface area contributed by atoms with Crippen LogP contribution in [0.4, 0.5) is 5.69 Å². The van der Waals surface area contributed by atoms with E-state index in [9.17, 15) is 9.90 Å². The Bertz CT molecular complexity index is 1720. The van der Waals surface area contributed by atoms with Crippen molar-refractivity contribution >= 4 is 34.3 Å². The Morgan fingerprint density at radius 2 is 1.95 bits per heavy atom. The van der Waals surface area contributed by atoms with Crippen molar-refractivity contribution in [1.82, 2.24) is 19.4 Å². The fourth-order valence-electron chi connectivity index (χ4n) is 6.85. The van der Waals surface area contributed by atoms with Crippen LogP contribution in [0.1, 0.15) is 48.1 Å². The number of fused-ring (bicyclic) bond motifs is 3. The lowest BCUT2D eigenvalue weighted by Gasteiger charge is -2.54. The average molecular weight is 602 g/mol. The van der Waals surface area contributed by atoms with Gasteiger partial charge in [0, 0.05) is 44.9 Å². The van der Waals surface area contributed by atoms with Crippen molar-refractivity contribution in [2.24, 2.45) is 0 Å². The molecule has 2 aromatic heterocycles. The number of ether oxygens (including phenoxy) is 3. The molecule has 0 amide bonds. The van der Waals surface area contributed by atoms with Crippen molar-refractivity contribution in [3.05, 3.63) is 76.8 Å². The van der Waals surface area contributed by atoms with E-state index in [4.69, 9.17) is 30.8 Å². The molecule has 1 saturated carbocycles. The van der Waals surface area contributed by atoms with Gasteiger partial charge in [-0.05, 0) is 61.7 Å². The lowest BCUT2D eigenvalue weighted by molar-refractivity contribution is -0.0717. The fraction of sp³-hybridized carbons (Fsp3) is 0.406. The van der Waals surface area contributed by atoms with E-state index < -0.39 is 11.8 Å². The summed E-state index contributed by atoms with van der Waals surface area (Å²) >= 11 is 6.07. The largest absolute Gasteiger partial charge is 0.478 e. The van der Waals surface area contributed by atoms with Gasteiger partial charge in [0.05, 0.1) is 46.5 Å². The van der Waals surface area contributed by atoms with Crippen LogP contribution in [0, 0.1) is 0 Å². The predicted octanol–water partition coefficient (Wildman–Crippen LogP) is 5.07. The molecule has 3 fully saturated rings. The maximum Gasteiger partial charge on any atom is 0.335 e. The van der Waals surface area contributed by atoms with E-state index in [0.717, 1.165) is 67.3 Å². The van der Waals surface area contributed by atoms with Crippen LogP contribution in [-0.2, 0) is 23.6 Å². The summed E-state index contributed by atoms with van der Waals surface area (Å²) in [7, 11) is 0. The molecule has 0 radical (unpaired) electrons. The van der Waals surface area contributed by atoms with Gasteiger partial charge in [-0.15, -0.1) is 0 Å². The topological polar surface area (TPSA) is 102 Å². The molecule has 3 aliphatic heterocycles. The number of halogens is 1. The number of carboxylic acid groups (broad SMARTS) is 1. The van der Waals surface area contributed by atoms with E-state index >= 15 is 0 Å². The minimum Gasteiger partial charge on any atom is -0.478 e. The molecule has 43 heavy (non-hydrogen) atoms. The Morgan fingerprint density at radius 3 is 2.67 bits per heavy atom. The highest BCUT2D eigenvalue weighted by molar-refractivity contribution is 6.30. The van der Waals surface area contributed by atoms with E-state index in [1.165, 1.54) is 0 Å². The minimum absolute atomic E-state index is 0.133. The number of aromatic nitrogens is 3. The first kappa shape index (κ1) is 26.7. The maximum absolute atomic E-state index is 11.7. The zero-order chi connectivity index (χ0) is 29.3. The van der Waals surface area contributed by atoms with E-state index in [0.29, 0.717) is 41.6 Å². The van der Waals surface area contributed by atoms with Crippen molar-refractivity contribution in [2.75, 3.05) is 24.6 Å². The summed E-state index contributed by atoms with van der Waals surface area (Å²) in [6, 6.07) is 15.6. The summed E-state index contributed by atoms with van der Waals surface area (Å²) < 4.78 is 20.8. The SMILES string of the molecule is CC1(c2ccc(Cl)cn2)Oc2cccc(N3CCN(Cc4nc5ccc(C(=O)O)cc5n4CC4CCO4)C4CCC43)c2O1. The van der Waals surface area contributed by atoms with E-state index in [1.54, 1.807) is 24.4 Å². The molecular formula is C32H32ClN5O5. The minimum atomic E-state index is -1.03. The van der Waals surface area contributed by atoms with Crippen LogP contribution in [-0.4, -0.2) is 68.4 Å². The van der Waals surface area contributed by atoms with Crippen molar-refractivity contribution in [3.63, 3.8) is 0 Å². The molecule has 2 aromatic carbocycles. The zero-order valence-electron chi connectivity index (χ0n) is 23.8. The van der Waals surface area contributed by atoms with Crippen LogP contribution in [0.5, 0.6) is 11.5 Å². The molecule has 222 valence electrons. The monoisotopic (exact) mass is 601 g/mol. The number of carbonyl (C=O) groups is 1. The summed E-state index contributed by atoms with van der Waals surface area (Å²) in [5.74, 6) is 0.444. The highest BCUT2D eigenvalue weighted by Gasteiger charge is 2.47. The maximum atomic E-state index is 11.7. The lowest BCUT2D eigenvalue weighted by Crippen LogP contribution is -2.64. The Morgan fingerprint density at radius 1 is 1.09 bits per heavy atom. The van der Waals surface area contributed by atoms with Gasteiger partial charge >= 0.3 is 5.97 Å². The average Bonchev–Trinajstić information content (AvgIpc) is 3.48. The third-order valence-electron chi connectivity index (χ3n) is 9.36. The second kappa shape index (κ2) is 10.1. The van der Waals surface area contributed by atoms with Crippen LogP contribution < -0.4 is 14.4 Å². The third-order valence-corrected chi connectivity index (χ3v) is 9.58. The Kier molecular flexibility index (Phi) is 6.29. The Balaban J connectivity index is 1.05. The normalized spacial score (nSPS) is 26.2. The van der Waals surface area contributed by atoms with Gasteiger partial charge < -0.3 is 28.8 Å². The van der Waals surface area contributed by atoms with Gasteiger partial charge in [-0.3, -0.25) is 9.88 Å².